The molecular formula is C58H52N4O. The van der Waals surface area contributed by atoms with Crippen molar-refractivity contribution in [2.24, 2.45) is 20.0 Å². The van der Waals surface area contributed by atoms with Gasteiger partial charge in [0.25, 0.3) is 0 Å². The third kappa shape index (κ3) is 10.3. The average molecular weight is 821 g/mol. The monoisotopic (exact) mass is 820 g/mol. The summed E-state index contributed by atoms with van der Waals surface area (Å²) < 4.78 is 0. The fraction of sp³-hybridized carbons (Fsp3) is 0.103. The molecule has 1 unspecified atom stereocenters. The summed E-state index contributed by atoms with van der Waals surface area (Å²) in [4.78, 5) is 19.0. The number of benzene rings is 8. The number of aliphatic imine (C=N–C) groups is 4. The van der Waals surface area contributed by atoms with Crippen LogP contribution in [0.1, 0.15) is 67.2 Å². The van der Waals surface area contributed by atoms with Gasteiger partial charge in [-0.15, -0.1) is 0 Å². The van der Waals surface area contributed by atoms with E-state index in [0.717, 1.165) is 86.3 Å². The largest absolute Gasteiger partial charge is 0.382 e. The highest BCUT2D eigenvalue weighted by Gasteiger charge is 2.18. The molecule has 8 aromatic carbocycles. The van der Waals surface area contributed by atoms with Crippen molar-refractivity contribution in [1.82, 2.24) is 0 Å². The first kappa shape index (κ1) is 43.5. The Morgan fingerprint density at radius 1 is 0.476 bits per heavy atom. The maximum atomic E-state index is 10.9. The molecule has 63 heavy (non-hydrogen) atoms. The Kier molecular flexibility index (Phi) is 14.3. The van der Waals surface area contributed by atoms with Crippen LogP contribution < -0.4 is 0 Å². The van der Waals surface area contributed by atoms with Crippen LogP contribution in [0, 0.1) is 0 Å². The molecule has 10 rings (SSSR count). The normalized spacial score (nSPS) is 12.8. The van der Waals surface area contributed by atoms with Crippen LogP contribution in [-0.4, -0.2) is 29.0 Å². The Balaban J connectivity index is 0.000000183. The number of hydrogen-bond acceptors (Lipinski definition) is 5. The van der Waals surface area contributed by atoms with Gasteiger partial charge in [-0.25, -0.2) is 9.98 Å². The maximum absolute atomic E-state index is 10.9. The first-order valence-corrected chi connectivity index (χ1v) is 20.7. The van der Waals surface area contributed by atoms with Crippen molar-refractivity contribution in [2.45, 2.75) is 40.2 Å². The van der Waals surface area contributed by atoms with Crippen LogP contribution >= 0.6 is 0 Å². The number of fused-ring (bicyclic) bond motifs is 2. The zero-order chi connectivity index (χ0) is 41.2. The van der Waals surface area contributed by atoms with Crippen LogP contribution in [0.5, 0.6) is 0 Å². The second kappa shape index (κ2) is 20.8. The van der Waals surface area contributed by atoms with Crippen LogP contribution in [0.4, 0.5) is 11.4 Å². The van der Waals surface area contributed by atoms with Gasteiger partial charge in [-0.05, 0) is 56.9 Å². The maximum Gasteiger partial charge on any atom is 0.121 e. The van der Waals surface area contributed by atoms with Gasteiger partial charge in [0, 0.05) is 59.6 Å². The molecular weight excluding hydrogens is 769 g/mol. The van der Waals surface area contributed by atoms with Crippen molar-refractivity contribution in [2.75, 3.05) is 0 Å². The van der Waals surface area contributed by atoms with Crippen LogP contribution in [-0.2, 0) is 6.42 Å². The lowest BCUT2D eigenvalue weighted by Gasteiger charge is -2.14. The molecule has 0 saturated carbocycles. The summed E-state index contributed by atoms with van der Waals surface area (Å²) in [5.74, 6) is 0. The molecule has 0 bridgehead atoms. The third-order valence-electron chi connectivity index (χ3n) is 10.9. The van der Waals surface area contributed by atoms with E-state index in [1.165, 1.54) is 16.3 Å². The fourth-order valence-electron chi connectivity index (χ4n) is 7.83. The molecule has 0 saturated heterocycles. The van der Waals surface area contributed by atoms with E-state index in [-0.39, 0.29) is 14.9 Å². The van der Waals surface area contributed by atoms with Crippen molar-refractivity contribution >= 4 is 56.8 Å². The van der Waals surface area contributed by atoms with E-state index in [2.05, 4.69) is 143 Å². The fourth-order valence-corrected chi connectivity index (χ4v) is 7.83. The van der Waals surface area contributed by atoms with Crippen LogP contribution in [0.2, 0.25) is 0 Å². The van der Waals surface area contributed by atoms with Gasteiger partial charge in [-0.2, -0.15) is 0 Å². The molecule has 5 heteroatoms. The molecule has 0 aliphatic carbocycles. The minimum atomic E-state index is -0.746. The number of nitrogens with zero attached hydrogens (tertiary/aromatic N) is 4. The lowest BCUT2D eigenvalue weighted by atomic mass is 9.98. The molecule has 2 aliphatic heterocycles. The molecule has 5 nitrogen and oxygen atoms in total. The second-order valence-electron chi connectivity index (χ2n) is 15.0. The molecule has 8 aromatic rings. The van der Waals surface area contributed by atoms with E-state index in [0.29, 0.717) is 5.70 Å². The number of allylic oxidation sites excluding steroid dienone is 3. The van der Waals surface area contributed by atoms with Crippen LogP contribution in [0.3, 0.4) is 0 Å². The highest BCUT2D eigenvalue weighted by molar-refractivity contribution is 6.15. The summed E-state index contributed by atoms with van der Waals surface area (Å²) in [5.41, 5.74) is 12.0. The molecule has 0 fully saturated rings. The van der Waals surface area contributed by atoms with E-state index >= 15 is 0 Å². The predicted octanol–water partition coefficient (Wildman–Crippen LogP) is 14.6. The Bertz CT molecular complexity index is 2900. The van der Waals surface area contributed by atoms with Crippen molar-refractivity contribution < 1.29 is 5.11 Å². The van der Waals surface area contributed by atoms with Gasteiger partial charge in [0.2, 0.25) is 0 Å². The van der Waals surface area contributed by atoms with Crippen molar-refractivity contribution in [1.29, 1.82) is 0 Å². The number of aliphatic hydroxyl groups excluding tert-OH is 1. The minimum Gasteiger partial charge on any atom is -0.382 e. The SMILES string of the molecule is C.C.C1=NC(Cc2cccc3ccc(N=C(c4ccccc4)c4ccccc4)cc23)=CC1.OC(C1=CCC=N1)c1cccc2ccc(N=C(c3ccccc3)c3ccccc3)cc12. The topological polar surface area (TPSA) is 69.7 Å². The summed E-state index contributed by atoms with van der Waals surface area (Å²) in [6, 6.07) is 66.3. The Hall–Kier alpha value is -7.60. The van der Waals surface area contributed by atoms with Crippen LogP contribution in [0.25, 0.3) is 21.5 Å². The molecule has 310 valence electrons. The smallest absolute Gasteiger partial charge is 0.121 e. The molecule has 2 heterocycles. The number of rotatable bonds is 10. The highest BCUT2D eigenvalue weighted by Crippen LogP contribution is 2.34. The van der Waals surface area contributed by atoms with E-state index in [9.17, 15) is 5.11 Å². The molecule has 0 spiro atoms. The van der Waals surface area contributed by atoms with E-state index in [1.807, 2.05) is 85.2 Å². The highest BCUT2D eigenvalue weighted by atomic mass is 16.3. The van der Waals surface area contributed by atoms with E-state index in [4.69, 9.17) is 9.98 Å². The van der Waals surface area contributed by atoms with Crippen LogP contribution in [0.15, 0.2) is 238 Å². The predicted molar refractivity (Wildman–Crippen MR) is 269 cm³/mol. The van der Waals surface area contributed by atoms with Gasteiger partial charge in [-0.3, -0.25) is 9.98 Å². The van der Waals surface area contributed by atoms with Crippen molar-refractivity contribution in [3.05, 3.63) is 251 Å². The zero-order valence-corrected chi connectivity index (χ0v) is 33.7. The Labute approximate surface area is 371 Å². The first-order chi connectivity index (χ1) is 30.2. The molecule has 1 atom stereocenters. The number of hydrogen-bond donors (Lipinski definition) is 1. The average Bonchev–Trinajstić information content (AvgIpc) is 4.07. The molecule has 1 N–H and O–H groups in total. The van der Waals surface area contributed by atoms with E-state index in [1.54, 1.807) is 0 Å². The van der Waals surface area contributed by atoms with Crippen molar-refractivity contribution in [3.8, 4) is 0 Å². The molecule has 0 radical (unpaired) electrons. The van der Waals surface area contributed by atoms with Gasteiger partial charge in [0.05, 0.1) is 28.5 Å². The summed E-state index contributed by atoms with van der Waals surface area (Å²) in [5, 5.41) is 15.5. The molecule has 0 amide bonds. The van der Waals surface area contributed by atoms with E-state index < -0.39 is 6.10 Å². The van der Waals surface area contributed by atoms with Gasteiger partial charge >= 0.3 is 0 Å². The quantitative estimate of drug-likeness (QED) is 0.137. The molecule has 2 aliphatic rings. The zero-order valence-electron chi connectivity index (χ0n) is 33.7. The summed E-state index contributed by atoms with van der Waals surface area (Å²) in [6.45, 7) is 0. The first-order valence-electron chi connectivity index (χ1n) is 20.7. The van der Waals surface area contributed by atoms with Gasteiger partial charge < -0.3 is 5.11 Å². The third-order valence-corrected chi connectivity index (χ3v) is 10.9. The van der Waals surface area contributed by atoms with Gasteiger partial charge in [0.1, 0.15) is 6.10 Å². The lowest BCUT2D eigenvalue weighted by Crippen LogP contribution is -2.02. The minimum absolute atomic E-state index is 0. The lowest BCUT2D eigenvalue weighted by molar-refractivity contribution is 0.216. The Morgan fingerprint density at radius 3 is 1.41 bits per heavy atom. The summed E-state index contributed by atoms with van der Waals surface area (Å²) in [6.07, 6.45) is 9.78. The Morgan fingerprint density at radius 2 is 0.937 bits per heavy atom. The van der Waals surface area contributed by atoms with Gasteiger partial charge in [-0.1, -0.05) is 197 Å². The summed E-state index contributed by atoms with van der Waals surface area (Å²) >= 11 is 0. The van der Waals surface area contributed by atoms with Crippen molar-refractivity contribution in [3.63, 3.8) is 0 Å². The number of aliphatic hydroxyl groups is 1. The standard InChI is InChI=1S/C28H22N2O.C28H22N2.2CH4/c31-28(26-15-8-18-29-26)24-14-7-13-20-16-17-23(19-25(20)24)30-27(21-9-3-1-4-10-21)22-11-5-2-6-12-22;1-3-9-22(10-4-1)28(23-11-5-2-6-12-23)30-26-17-16-21-13-7-14-24(27(21)20-26)19-25-15-8-18-29-25;;/h1-7,9-19,28,31H,8H2;1-7,9-18,20H,8,19H2;2*1H4. The summed E-state index contributed by atoms with van der Waals surface area (Å²) in [7, 11) is 0. The van der Waals surface area contributed by atoms with Gasteiger partial charge in [0.15, 0.2) is 0 Å². The molecule has 0 aromatic heterocycles. The second-order valence-corrected chi connectivity index (χ2v) is 15.0.